The van der Waals surface area contributed by atoms with Crippen LogP contribution in [0.1, 0.15) is 28.7 Å². The molecule has 1 aromatic heterocycles. The minimum atomic E-state index is 0.220. The zero-order chi connectivity index (χ0) is 20.8. The van der Waals surface area contributed by atoms with Crippen LogP contribution in [0.2, 0.25) is 5.02 Å². The summed E-state index contributed by atoms with van der Waals surface area (Å²) in [4.78, 5) is 4.96. The van der Waals surface area contributed by atoms with Crippen LogP contribution in [0.15, 0.2) is 71.1 Å². The Hall–Kier alpha value is -2.19. The fourth-order valence-electron chi connectivity index (χ4n) is 4.02. The van der Waals surface area contributed by atoms with Gasteiger partial charge in [0.2, 0.25) is 0 Å². The average Bonchev–Trinajstić information content (AvgIpc) is 3.23. The predicted molar refractivity (Wildman–Crippen MR) is 117 cm³/mol. The van der Waals surface area contributed by atoms with E-state index < -0.39 is 0 Å². The lowest BCUT2D eigenvalue weighted by atomic mass is 9.96. The zero-order valence-corrected chi connectivity index (χ0v) is 17.6. The second-order valence-corrected chi connectivity index (χ2v) is 7.95. The summed E-state index contributed by atoms with van der Waals surface area (Å²) in [7, 11) is 0. The first-order chi connectivity index (χ1) is 14.7. The Balaban J connectivity index is 1.41. The van der Waals surface area contributed by atoms with Gasteiger partial charge in [0, 0.05) is 31.2 Å². The summed E-state index contributed by atoms with van der Waals surface area (Å²) in [5.74, 6) is 1.73. The Morgan fingerprint density at radius 1 is 0.867 bits per heavy atom. The highest BCUT2D eigenvalue weighted by molar-refractivity contribution is 6.30. The molecule has 1 fully saturated rings. The number of nitrogens with zero attached hydrogens (tertiary/aromatic N) is 2. The van der Waals surface area contributed by atoms with Crippen molar-refractivity contribution in [3.63, 3.8) is 0 Å². The Morgan fingerprint density at radius 2 is 1.53 bits per heavy atom. The number of hydrogen-bond donors (Lipinski definition) is 3. The van der Waals surface area contributed by atoms with Crippen molar-refractivity contribution in [1.82, 2.24) is 20.8 Å². The molecular weight excluding hydrogens is 400 g/mol. The second kappa shape index (κ2) is 10.2. The maximum atomic E-state index is 8.62. The lowest BCUT2D eigenvalue weighted by molar-refractivity contribution is 0.0982. The number of hydrogen-bond acceptors (Lipinski definition) is 6. The van der Waals surface area contributed by atoms with E-state index in [0.717, 1.165) is 49.3 Å². The van der Waals surface area contributed by atoms with Crippen LogP contribution < -0.4 is 11.0 Å². The number of furan rings is 1. The third-order valence-electron chi connectivity index (χ3n) is 5.51. The van der Waals surface area contributed by atoms with Gasteiger partial charge in [0.25, 0.3) is 0 Å². The summed E-state index contributed by atoms with van der Waals surface area (Å²) in [6.07, 6.45) is 0. The molecule has 0 amide bonds. The molecule has 2 heterocycles. The maximum absolute atomic E-state index is 8.62. The fraction of sp³-hybridized carbons (Fsp3) is 0.304. The minimum Gasteiger partial charge on any atom is -0.463 e. The van der Waals surface area contributed by atoms with Crippen molar-refractivity contribution >= 4 is 11.6 Å². The number of halogens is 1. The normalized spacial score (nSPS) is 16.6. The molecule has 3 aromatic rings. The predicted octanol–water partition coefficient (Wildman–Crippen LogP) is 3.82. The van der Waals surface area contributed by atoms with Gasteiger partial charge in [-0.3, -0.25) is 9.80 Å². The molecule has 0 aliphatic carbocycles. The van der Waals surface area contributed by atoms with Crippen LogP contribution in [-0.4, -0.2) is 41.2 Å². The van der Waals surface area contributed by atoms with Crippen molar-refractivity contribution in [2.45, 2.75) is 19.1 Å². The summed E-state index contributed by atoms with van der Waals surface area (Å²) in [6, 6.07) is 23.0. The van der Waals surface area contributed by atoms with E-state index in [1.165, 1.54) is 11.1 Å². The molecule has 0 saturated carbocycles. The maximum Gasteiger partial charge on any atom is 0.119 e. The third kappa shape index (κ3) is 5.29. The Morgan fingerprint density at radius 3 is 2.23 bits per heavy atom. The lowest BCUT2D eigenvalue weighted by Crippen LogP contribution is -2.47. The first kappa shape index (κ1) is 21.1. The SMILES string of the molecule is ONNCc1ccc(CN2CCN([C@H](c3ccccc3)c3ccc(Cl)cc3)CC2)o1. The van der Waals surface area contributed by atoms with Gasteiger partial charge < -0.3 is 9.62 Å². The van der Waals surface area contributed by atoms with Gasteiger partial charge in [-0.1, -0.05) is 54.1 Å². The van der Waals surface area contributed by atoms with Crippen molar-refractivity contribution in [2.75, 3.05) is 26.2 Å². The summed E-state index contributed by atoms with van der Waals surface area (Å²) in [5.41, 5.74) is 7.10. The van der Waals surface area contributed by atoms with Gasteiger partial charge in [0.05, 0.1) is 19.1 Å². The second-order valence-electron chi connectivity index (χ2n) is 7.51. The Kier molecular flexibility index (Phi) is 7.17. The first-order valence-corrected chi connectivity index (χ1v) is 10.6. The molecule has 1 atom stereocenters. The van der Waals surface area contributed by atoms with Crippen LogP contribution in [0, 0.1) is 0 Å². The van der Waals surface area contributed by atoms with Crippen molar-refractivity contribution in [3.8, 4) is 0 Å². The number of benzene rings is 2. The third-order valence-corrected chi connectivity index (χ3v) is 5.76. The quantitative estimate of drug-likeness (QED) is 0.476. The van der Waals surface area contributed by atoms with Crippen LogP contribution in [0.25, 0.3) is 0 Å². The highest BCUT2D eigenvalue weighted by Crippen LogP contribution is 2.30. The van der Waals surface area contributed by atoms with Gasteiger partial charge in [0.15, 0.2) is 0 Å². The minimum absolute atomic E-state index is 0.220. The van der Waals surface area contributed by atoms with E-state index >= 15 is 0 Å². The average molecular weight is 427 g/mol. The van der Waals surface area contributed by atoms with Crippen molar-refractivity contribution in [2.24, 2.45) is 0 Å². The number of piperazine rings is 1. The van der Waals surface area contributed by atoms with Gasteiger partial charge in [-0.25, -0.2) is 5.43 Å². The monoisotopic (exact) mass is 426 g/mol. The molecule has 0 radical (unpaired) electrons. The molecule has 30 heavy (non-hydrogen) atoms. The van der Waals surface area contributed by atoms with Crippen molar-refractivity contribution in [3.05, 3.63) is 94.4 Å². The van der Waals surface area contributed by atoms with Gasteiger partial charge >= 0.3 is 0 Å². The Bertz CT molecular complexity index is 908. The standard InChI is InChI=1S/C23H27ClN4O2/c24-20-8-6-19(7-9-20)23(18-4-2-1-3-5-18)28-14-12-27(13-15-28)17-22-11-10-21(30-22)16-25-26-29/h1-11,23,25-26,29H,12-17H2/t23-/m1/s1. The smallest absolute Gasteiger partial charge is 0.119 e. The van der Waals surface area contributed by atoms with Crippen LogP contribution in [0.4, 0.5) is 0 Å². The van der Waals surface area contributed by atoms with Gasteiger partial charge in [-0.05, 0) is 35.4 Å². The molecule has 1 saturated heterocycles. The first-order valence-electron chi connectivity index (χ1n) is 10.2. The van der Waals surface area contributed by atoms with Crippen molar-refractivity contribution in [1.29, 1.82) is 0 Å². The van der Waals surface area contributed by atoms with E-state index in [4.69, 9.17) is 21.2 Å². The number of rotatable bonds is 8. The van der Waals surface area contributed by atoms with E-state index in [1.807, 2.05) is 29.9 Å². The van der Waals surface area contributed by atoms with E-state index in [-0.39, 0.29) is 6.04 Å². The van der Waals surface area contributed by atoms with Crippen molar-refractivity contribution < 1.29 is 9.62 Å². The molecule has 3 N–H and O–H groups in total. The fourth-order valence-corrected chi connectivity index (χ4v) is 4.15. The molecule has 1 aliphatic rings. The molecule has 1 aliphatic heterocycles. The lowest BCUT2D eigenvalue weighted by Gasteiger charge is -2.39. The molecule has 0 unspecified atom stereocenters. The van der Waals surface area contributed by atoms with E-state index in [9.17, 15) is 0 Å². The highest BCUT2D eigenvalue weighted by atomic mass is 35.5. The zero-order valence-electron chi connectivity index (χ0n) is 16.8. The topological polar surface area (TPSA) is 63.9 Å². The summed E-state index contributed by atoms with van der Waals surface area (Å²) < 4.78 is 5.83. The van der Waals surface area contributed by atoms with Crippen LogP contribution in [-0.2, 0) is 13.1 Å². The molecule has 4 rings (SSSR count). The molecule has 7 heteroatoms. The highest BCUT2D eigenvalue weighted by Gasteiger charge is 2.26. The van der Waals surface area contributed by atoms with E-state index in [1.54, 1.807) is 0 Å². The largest absolute Gasteiger partial charge is 0.463 e. The molecular formula is C23H27ClN4O2. The molecule has 2 aromatic carbocycles. The summed E-state index contributed by atoms with van der Waals surface area (Å²) in [5, 5.41) is 9.38. The van der Waals surface area contributed by atoms with E-state index in [2.05, 4.69) is 57.7 Å². The van der Waals surface area contributed by atoms with Crippen LogP contribution in [0.5, 0.6) is 0 Å². The molecule has 0 bridgehead atoms. The van der Waals surface area contributed by atoms with Crippen LogP contribution in [0.3, 0.4) is 0 Å². The van der Waals surface area contributed by atoms with Crippen LogP contribution >= 0.6 is 11.6 Å². The molecule has 6 nitrogen and oxygen atoms in total. The van der Waals surface area contributed by atoms with Gasteiger partial charge in [-0.15, -0.1) is 5.59 Å². The van der Waals surface area contributed by atoms with Gasteiger partial charge in [-0.2, -0.15) is 0 Å². The number of hydrazine groups is 1. The summed E-state index contributed by atoms with van der Waals surface area (Å²) >= 11 is 6.13. The number of nitrogens with one attached hydrogen (secondary N) is 2. The Labute approximate surface area is 182 Å². The van der Waals surface area contributed by atoms with E-state index in [0.29, 0.717) is 6.54 Å². The van der Waals surface area contributed by atoms with Gasteiger partial charge in [0.1, 0.15) is 11.5 Å². The molecule has 0 spiro atoms. The molecule has 158 valence electrons. The summed E-state index contributed by atoms with van der Waals surface area (Å²) in [6.45, 7) is 5.13.